The molecule has 0 radical (unpaired) electrons. The number of rotatable bonds is 41. The highest BCUT2D eigenvalue weighted by Crippen LogP contribution is 2.33. The summed E-state index contributed by atoms with van der Waals surface area (Å²) in [5.74, 6) is -0.304. The fraction of sp³-hybridized carbons (Fsp3) is 0.694. The van der Waals surface area contributed by atoms with Gasteiger partial charge < -0.3 is 89.9 Å². The minimum atomic E-state index is -1.98. The number of allylic oxidation sites excluding steroid dienone is 17. The predicted molar refractivity (Wildman–Crippen MR) is 309 cm³/mol. The van der Waals surface area contributed by atoms with Crippen LogP contribution >= 0.6 is 0 Å². The number of aliphatic hydroxyl groups is 11. The first kappa shape index (κ1) is 71.7. The van der Waals surface area contributed by atoms with Crippen LogP contribution in [0.5, 0.6) is 0 Å². The van der Waals surface area contributed by atoms with Crippen molar-refractivity contribution in [3.63, 3.8) is 0 Å². The summed E-state index contributed by atoms with van der Waals surface area (Å²) in [7, 11) is 0. The monoisotopic (exact) mass is 1150 g/mol. The van der Waals surface area contributed by atoms with E-state index in [1.165, 1.54) is 6.42 Å². The lowest BCUT2D eigenvalue weighted by Crippen LogP contribution is -2.66. The lowest BCUT2D eigenvalue weighted by molar-refractivity contribution is -0.379. The standard InChI is InChI=1S/C62H101NO18/c1-3-5-7-8-9-10-11-12-13-14-15-16-17-18-19-20-21-22-23-24-25-26-27-28-29-30-31-32-33-34-35-36-38-40-50(68)63-45(46(67)39-37-6-4-2)44-76-60-56(74)53(71)58(48(42-65)78-60)81-62-57(75)54(72)59(49(43-66)79-62)80-61-55(73)52(70)51(69)47(41-64)77-61/h5,7,9-10,12-13,15-16,18-19,21-22,24-25,27-28,37,39,45-49,51-62,64-67,69-75H,3-4,6,8,11,14,17,20,23,26,29-36,38,40-44H2,1-2H3,(H,63,68)/b7-5-,10-9-,13-12-,16-15-,19-18-,22-21-,25-24-,28-27-,39-37+. The Kier molecular flexibility index (Phi) is 39.0. The van der Waals surface area contributed by atoms with Crippen molar-refractivity contribution in [2.45, 2.75) is 247 Å². The van der Waals surface area contributed by atoms with Gasteiger partial charge in [-0.2, -0.15) is 0 Å². The van der Waals surface area contributed by atoms with E-state index in [0.29, 0.717) is 12.8 Å². The van der Waals surface area contributed by atoms with Gasteiger partial charge in [0.2, 0.25) is 5.91 Å². The minimum absolute atomic E-state index is 0.223. The van der Waals surface area contributed by atoms with Crippen LogP contribution in [0.4, 0.5) is 0 Å². The van der Waals surface area contributed by atoms with Crippen LogP contribution in [0.15, 0.2) is 109 Å². The number of hydrogen-bond donors (Lipinski definition) is 12. The topological polar surface area (TPSA) is 307 Å². The maximum absolute atomic E-state index is 13.1. The van der Waals surface area contributed by atoms with Crippen molar-refractivity contribution in [3.05, 3.63) is 109 Å². The van der Waals surface area contributed by atoms with Gasteiger partial charge in [0.25, 0.3) is 0 Å². The molecule has 17 atom stereocenters. The van der Waals surface area contributed by atoms with E-state index in [9.17, 15) is 61.0 Å². The van der Waals surface area contributed by atoms with Gasteiger partial charge in [-0.25, -0.2) is 0 Å². The van der Waals surface area contributed by atoms with Gasteiger partial charge in [0.1, 0.15) is 73.2 Å². The zero-order valence-corrected chi connectivity index (χ0v) is 48.0. The van der Waals surface area contributed by atoms with Crippen molar-refractivity contribution in [1.29, 1.82) is 0 Å². The maximum Gasteiger partial charge on any atom is 0.220 e. The molecular formula is C62H101NO18. The molecule has 3 fully saturated rings. The molecule has 3 heterocycles. The lowest BCUT2D eigenvalue weighted by atomic mass is 9.96. The van der Waals surface area contributed by atoms with Crippen LogP contribution in [0.2, 0.25) is 0 Å². The van der Waals surface area contributed by atoms with Crippen LogP contribution in [0.1, 0.15) is 142 Å². The number of carbonyl (C=O) groups is 1. The fourth-order valence-corrected chi connectivity index (χ4v) is 9.21. The summed E-state index contributed by atoms with van der Waals surface area (Å²) >= 11 is 0. The molecule has 0 saturated carbocycles. The van der Waals surface area contributed by atoms with Gasteiger partial charge in [0.05, 0.1) is 38.6 Å². The van der Waals surface area contributed by atoms with E-state index < -0.39 is 124 Å². The molecule has 3 saturated heterocycles. The first-order chi connectivity index (χ1) is 39.3. The van der Waals surface area contributed by atoms with Crippen molar-refractivity contribution in [2.75, 3.05) is 26.4 Å². The number of hydrogen-bond acceptors (Lipinski definition) is 18. The van der Waals surface area contributed by atoms with Crippen LogP contribution in [-0.2, 0) is 33.2 Å². The number of aliphatic hydroxyl groups excluding tert-OH is 11. The molecule has 12 N–H and O–H groups in total. The number of amides is 1. The summed E-state index contributed by atoms with van der Waals surface area (Å²) in [5, 5.41) is 119. The van der Waals surface area contributed by atoms with E-state index in [-0.39, 0.29) is 18.9 Å². The lowest BCUT2D eigenvalue weighted by Gasteiger charge is -2.48. The number of ether oxygens (including phenoxy) is 6. The van der Waals surface area contributed by atoms with Gasteiger partial charge in [-0.3, -0.25) is 4.79 Å². The summed E-state index contributed by atoms with van der Waals surface area (Å²) < 4.78 is 33.9. The summed E-state index contributed by atoms with van der Waals surface area (Å²) in [6.07, 6.45) is 30.7. The van der Waals surface area contributed by atoms with Gasteiger partial charge in [-0.05, 0) is 77.0 Å². The molecule has 19 nitrogen and oxygen atoms in total. The zero-order valence-electron chi connectivity index (χ0n) is 48.0. The fourth-order valence-electron chi connectivity index (χ4n) is 9.21. The smallest absolute Gasteiger partial charge is 0.220 e. The Bertz CT molecular complexity index is 1900. The molecule has 0 aromatic heterocycles. The highest BCUT2D eigenvalue weighted by molar-refractivity contribution is 5.76. The molecular weight excluding hydrogens is 1050 g/mol. The largest absolute Gasteiger partial charge is 0.394 e. The molecule has 0 spiro atoms. The molecule has 3 rings (SSSR count). The Labute approximate surface area is 481 Å². The molecule has 1 amide bonds. The van der Waals surface area contributed by atoms with Crippen LogP contribution in [0.3, 0.4) is 0 Å². The first-order valence-corrected chi connectivity index (χ1v) is 29.6. The van der Waals surface area contributed by atoms with E-state index in [1.54, 1.807) is 12.2 Å². The second kappa shape index (κ2) is 44.0. The van der Waals surface area contributed by atoms with Crippen LogP contribution in [0, 0.1) is 0 Å². The van der Waals surface area contributed by atoms with E-state index in [2.05, 4.69) is 109 Å². The summed E-state index contributed by atoms with van der Waals surface area (Å²) in [6.45, 7) is 1.32. The third-order valence-electron chi connectivity index (χ3n) is 14.1. The Morgan fingerprint density at radius 2 is 0.852 bits per heavy atom. The second-order valence-electron chi connectivity index (χ2n) is 20.7. The van der Waals surface area contributed by atoms with Crippen molar-refractivity contribution in [3.8, 4) is 0 Å². The molecule has 19 heteroatoms. The average molecular weight is 1150 g/mol. The van der Waals surface area contributed by atoms with Crippen molar-refractivity contribution in [2.24, 2.45) is 0 Å². The molecule has 3 aliphatic heterocycles. The van der Waals surface area contributed by atoms with E-state index in [1.807, 2.05) is 6.92 Å². The average Bonchev–Trinajstić information content (AvgIpc) is 3.55. The number of nitrogens with one attached hydrogen (secondary N) is 1. The van der Waals surface area contributed by atoms with Crippen molar-refractivity contribution >= 4 is 5.91 Å². The highest BCUT2D eigenvalue weighted by atomic mass is 16.8. The van der Waals surface area contributed by atoms with Gasteiger partial charge >= 0.3 is 0 Å². The molecule has 462 valence electrons. The van der Waals surface area contributed by atoms with E-state index in [0.717, 1.165) is 103 Å². The van der Waals surface area contributed by atoms with Gasteiger partial charge in [0, 0.05) is 6.42 Å². The molecule has 17 unspecified atom stereocenters. The van der Waals surface area contributed by atoms with Gasteiger partial charge in [-0.1, -0.05) is 168 Å². The number of carbonyl (C=O) groups excluding carboxylic acids is 1. The van der Waals surface area contributed by atoms with Crippen LogP contribution in [0.25, 0.3) is 0 Å². The third-order valence-corrected chi connectivity index (χ3v) is 14.1. The first-order valence-electron chi connectivity index (χ1n) is 29.6. The summed E-state index contributed by atoms with van der Waals surface area (Å²) in [4.78, 5) is 13.1. The van der Waals surface area contributed by atoms with Crippen LogP contribution in [-0.4, -0.2) is 193 Å². The SMILES string of the molecule is CC/C=C\C/C=C\C/C=C\C/C=C\C/C=C\C/C=C\C/C=C\C/C=C\CCCCCCCCCCC(=O)NC(COC1OC(CO)C(OC2OC(CO)C(OC3OC(CO)C(O)C(O)C3O)C(O)C2O)C(O)C1O)C(O)/C=C/CCC. The summed E-state index contributed by atoms with van der Waals surface area (Å²) in [5.41, 5.74) is 0. The normalized spacial score (nSPS) is 30.6. The van der Waals surface area contributed by atoms with Crippen molar-refractivity contribution < 1.29 is 89.4 Å². The number of unbranched alkanes of at least 4 members (excludes halogenated alkanes) is 9. The molecule has 3 aliphatic rings. The molecule has 0 aromatic carbocycles. The van der Waals surface area contributed by atoms with Crippen LogP contribution < -0.4 is 5.32 Å². The van der Waals surface area contributed by atoms with Gasteiger partial charge in [0.15, 0.2) is 18.9 Å². The Hall–Kier alpha value is -3.55. The Morgan fingerprint density at radius 3 is 1.31 bits per heavy atom. The molecule has 0 aliphatic carbocycles. The molecule has 0 bridgehead atoms. The highest BCUT2D eigenvalue weighted by Gasteiger charge is 2.53. The molecule has 0 aromatic rings. The summed E-state index contributed by atoms with van der Waals surface area (Å²) in [6, 6.07) is -0.980. The quantitative estimate of drug-likeness (QED) is 0.0278. The minimum Gasteiger partial charge on any atom is -0.394 e. The Morgan fingerprint density at radius 1 is 0.457 bits per heavy atom. The Balaban J connectivity index is 1.30. The van der Waals surface area contributed by atoms with Crippen molar-refractivity contribution in [1.82, 2.24) is 5.32 Å². The zero-order chi connectivity index (χ0) is 59.0. The maximum atomic E-state index is 13.1. The second-order valence-corrected chi connectivity index (χ2v) is 20.7. The molecule has 81 heavy (non-hydrogen) atoms. The predicted octanol–water partition coefficient (Wildman–Crippen LogP) is 5.14. The third kappa shape index (κ3) is 27.8. The van der Waals surface area contributed by atoms with E-state index >= 15 is 0 Å². The van der Waals surface area contributed by atoms with E-state index in [4.69, 9.17) is 28.4 Å². The van der Waals surface area contributed by atoms with Gasteiger partial charge in [-0.15, -0.1) is 0 Å².